The van der Waals surface area contributed by atoms with Crippen molar-refractivity contribution in [3.05, 3.63) is 32.9 Å². The summed E-state index contributed by atoms with van der Waals surface area (Å²) in [5, 5.41) is 1.78. The molecule has 1 aromatic rings. The van der Waals surface area contributed by atoms with Crippen LogP contribution in [0.25, 0.3) is 0 Å². The Bertz CT molecular complexity index is 400. The number of nitrogens with zero attached hydrogens (tertiary/aromatic N) is 2. The molecule has 1 heterocycles. The number of hydrogen-bond donors (Lipinski definition) is 0. The van der Waals surface area contributed by atoms with E-state index in [1.54, 1.807) is 0 Å². The molecule has 1 atom stereocenters. The molecule has 2 rings (SSSR count). The van der Waals surface area contributed by atoms with Crippen LogP contribution < -0.4 is 10.7 Å². The lowest BCUT2D eigenvalue weighted by Gasteiger charge is -1.91. The quantitative estimate of drug-likeness (QED) is 0.489. The molecule has 1 unspecified atom stereocenters. The number of halogens is 2. The van der Waals surface area contributed by atoms with Gasteiger partial charge in [-0.3, -0.25) is 0 Å². The van der Waals surface area contributed by atoms with Crippen LogP contribution >= 0.6 is 27.5 Å². The van der Waals surface area contributed by atoms with Gasteiger partial charge in [-0.15, -0.1) is 0 Å². The first kappa shape index (κ1) is 8.20. The molecule has 1 aromatic carbocycles. The molecule has 0 spiro atoms. The third-order valence-corrected chi connectivity index (χ3v) is 2.61. The highest BCUT2D eigenvalue weighted by molar-refractivity contribution is 9.10. The highest BCUT2D eigenvalue weighted by Crippen LogP contribution is 2.07. The van der Waals surface area contributed by atoms with Crippen LogP contribution in [0.15, 0.2) is 26.6 Å². The van der Waals surface area contributed by atoms with Gasteiger partial charge in [0.15, 0.2) is 0 Å². The summed E-state index contributed by atoms with van der Waals surface area (Å²) >= 11 is 9.16. The predicted octanol–water partition coefficient (Wildman–Crippen LogP) is 1.53. The van der Waals surface area contributed by atoms with E-state index in [2.05, 4.69) is 25.9 Å². The van der Waals surface area contributed by atoms with E-state index in [9.17, 15) is 0 Å². The Kier molecular flexibility index (Phi) is 1.93. The van der Waals surface area contributed by atoms with Gasteiger partial charge >= 0.3 is 0 Å². The van der Waals surface area contributed by atoms with Crippen molar-refractivity contribution in [2.24, 2.45) is 9.98 Å². The van der Waals surface area contributed by atoms with Crippen molar-refractivity contribution in [1.29, 1.82) is 0 Å². The Morgan fingerprint density at radius 1 is 1.33 bits per heavy atom. The molecule has 0 amide bonds. The Labute approximate surface area is 83.1 Å². The Balaban J connectivity index is 2.91. The standard InChI is InChI=1S/C8H6BrClN2/c1-4-2-3-5(9)7-6(4)11-8(10)12-7/h2-3,8H,1H3. The van der Waals surface area contributed by atoms with Gasteiger partial charge in [0.1, 0.15) is 5.36 Å². The second kappa shape index (κ2) is 2.82. The molecule has 0 saturated carbocycles. The smallest absolute Gasteiger partial charge is 0.216 e. The zero-order chi connectivity index (χ0) is 8.72. The van der Waals surface area contributed by atoms with Gasteiger partial charge in [0.2, 0.25) is 5.62 Å². The summed E-state index contributed by atoms with van der Waals surface area (Å²) < 4.78 is 0.954. The first-order chi connectivity index (χ1) is 5.68. The lowest BCUT2D eigenvalue weighted by molar-refractivity contribution is 0.961. The minimum absolute atomic E-state index is 0.447. The largest absolute Gasteiger partial charge is 0.241 e. The van der Waals surface area contributed by atoms with Crippen molar-refractivity contribution >= 4 is 27.5 Å². The summed E-state index contributed by atoms with van der Waals surface area (Å²) in [5.74, 6) is 0. The highest BCUT2D eigenvalue weighted by Gasteiger charge is 2.09. The Hall–Kier alpha value is -0.410. The molecule has 0 radical (unpaired) electrons. The molecule has 12 heavy (non-hydrogen) atoms. The zero-order valence-electron chi connectivity index (χ0n) is 6.38. The molecule has 1 aliphatic rings. The van der Waals surface area contributed by atoms with E-state index in [1.165, 1.54) is 0 Å². The van der Waals surface area contributed by atoms with Gasteiger partial charge in [-0.2, -0.15) is 0 Å². The van der Waals surface area contributed by atoms with Gasteiger partial charge in [-0.05, 0) is 34.5 Å². The summed E-state index contributed by atoms with van der Waals surface area (Å²) in [6.45, 7) is 2.00. The molecule has 2 nitrogen and oxygen atoms in total. The van der Waals surface area contributed by atoms with Crippen molar-refractivity contribution in [3.63, 3.8) is 0 Å². The van der Waals surface area contributed by atoms with Gasteiger partial charge in [-0.25, -0.2) is 9.98 Å². The maximum atomic E-state index is 5.77. The number of aryl methyl sites for hydroxylation is 1. The first-order valence-electron chi connectivity index (χ1n) is 3.53. The summed E-state index contributed by atoms with van der Waals surface area (Å²) in [6.07, 6.45) is 0. The van der Waals surface area contributed by atoms with Crippen LogP contribution in [0.4, 0.5) is 0 Å². The van der Waals surface area contributed by atoms with Crippen LogP contribution in [-0.2, 0) is 0 Å². The second-order valence-corrected chi connectivity index (χ2v) is 3.88. The van der Waals surface area contributed by atoms with Crippen LogP contribution in [0.2, 0.25) is 0 Å². The third-order valence-electron chi connectivity index (χ3n) is 1.77. The number of hydrogen-bond acceptors (Lipinski definition) is 2. The fourth-order valence-electron chi connectivity index (χ4n) is 1.18. The minimum Gasteiger partial charge on any atom is -0.241 e. The topological polar surface area (TPSA) is 24.7 Å². The maximum absolute atomic E-state index is 5.77. The van der Waals surface area contributed by atoms with Crippen LogP contribution in [0.1, 0.15) is 5.56 Å². The number of alkyl halides is 1. The number of fused-ring (bicyclic) bond motifs is 1. The van der Waals surface area contributed by atoms with E-state index in [0.29, 0.717) is 0 Å². The van der Waals surface area contributed by atoms with Crippen molar-refractivity contribution in [2.75, 3.05) is 0 Å². The normalized spacial score (nSPS) is 19.8. The lowest BCUT2D eigenvalue weighted by atomic mass is 10.2. The monoisotopic (exact) mass is 244 g/mol. The fraction of sp³-hybridized carbons (Fsp3) is 0.250. The Morgan fingerprint density at radius 3 is 2.67 bits per heavy atom. The molecule has 0 aromatic heterocycles. The van der Waals surface area contributed by atoms with E-state index in [4.69, 9.17) is 11.6 Å². The van der Waals surface area contributed by atoms with Crippen molar-refractivity contribution in [3.8, 4) is 0 Å². The summed E-state index contributed by atoms with van der Waals surface area (Å²) in [4.78, 5) is 8.35. The van der Waals surface area contributed by atoms with Gasteiger partial charge in [0, 0.05) is 4.47 Å². The first-order valence-corrected chi connectivity index (χ1v) is 4.76. The maximum Gasteiger partial charge on any atom is 0.216 e. The van der Waals surface area contributed by atoms with E-state index >= 15 is 0 Å². The lowest BCUT2D eigenvalue weighted by Crippen LogP contribution is -2.25. The zero-order valence-corrected chi connectivity index (χ0v) is 8.72. The number of rotatable bonds is 0. The van der Waals surface area contributed by atoms with Crippen LogP contribution in [0.3, 0.4) is 0 Å². The predicted molar refractivity (Wildman–Crippen MR) is 50.8 cm³/mol. The summed E-state index contributed by atoms with van der Waals surface area (Å²) in [7, 11) is 0. The van der Waals surface area contributed by atoms with E-state index in [1.807, 2.05) is 19.1 Å². The average Bonchev–Trinajstić information content (AvgIpc) is 2.41. The molecule has 62 valence electrons. The molecule has 0 fully saturated rings. The number of benzene rings is 1. The Morgan fingerprint density at radius 2 is 2.00 bits per heavy atom. The average molecular weight is 246 g/mol. The summed E-state index contributed by atoms with van der Waals surface area (Å²) in [5.41, 5.74) is 0.664. The SMILES string of the molecule is Cc1ccc(Br)c2c1=NC(Cl)N=2. The van der Waals surface area contributed by atoms with Crippen LogP contribution in [0.5, 0.6) is 0 Å². The van der Waals surface area contributed by atoms with Crippen molar-refractivity contribution in [2.45, 2.75) is 12.5 Å². The molecule has 0 N–H and O–H groups in total. The third kappa shape index (κ3) is 1.17. The molecule has 0 bridgehead atoms. The van der Waals surface area contributed by atoms with Crippen LogP contribution in [0, 0.1) is 6.92 Å². The molecule has 4 heteroatoms. The molecular formula is C8H6BrClN2. The molecule has 0 aliphatic carbocycles. The van der Waals surface area contributed by atoms with E-state index < -0.39 is 5.62 Å². The molecular weight excluding hydrogens is 239 g/mol. The van der Waals surface area contributed by atoms with Gasteiger partial charge < -0.3 is 0 Å². The molecule has 1 aliphatic heterocycles. The van der Waals surface area contributed by atoms with E-state index in [-0.39, 0.29) is 0 Å². The van der Waals surface area contributed by atoms with Gasteiger partial charge in [-0.1, -0.05) is 17.7 Å². The van der Waals surface area contributed by atoms with Crippen molar-refractivity contribution < 1.29 is 0 Å². The van der Waals surface area contributed by atoms with Gasteiger partial charge in [0.05, 0.1) is 5.36 Å². The summed E-state index contributed by atoms with van der Waals surface area (Å²) in [6, 6.07) is 3.96. The fourth-order valence-corrected chi connectivity index (χ4v) is 1.80. The molecule has 0 saturated heterocycles. The second-order valence-electron chi connectivity index (χ2n) is 2.63. The van der Waals surface area contributed by atoms with Gasteiger partial charge in [0.25, 0.3) is 0 Å². The highest BCUT2D eigenvalue weighted by atomic mass is 79.9. The minimum atomic E-state index is -0.447. The van der Waals surface area contributed by atoms with E-state index in [0.717, 1.165) is 20.8 Å². The van der Waals surface area contributed by atoms with Crippen molar-refractivity contribution in [1.82, 2.24) is 0 Å². The van der Waals surface area contributed by atoms with Crippen LogP contribution in [-0.4, -0.2) is 5.62 Å².